The van der Waals surface area contributed by atoms with Crippen molar-refractivity contribution in [3.63, 3.8) is 0 Å². The molecule has 4 heterocycles. The zero-order chi connectivity index (χ0) is 25.7. The Morgan fingerprint density at radius 2 is 1.70 bits per heavy atom. The number of amides is 3. The lowest BCUT2D eigenvalue weighted by atomic mass is 9.87. The van der Waals surface area contributed by atoms with Crippen LogP contribution in [-0.4, -0.2) is 27.5 Å². The highest BCUT2D eigenvalue weighted by Gasteiger charge is 2.57. The molecule has 4 aromatic rings. The Balaban J connectivity index is 1.38. The highest BCUT2D eigenvalue weighted by molar-refractivity contribution is 8.00. The van der Waals surface area contributed by atoms with Crippen molar-refractivity contribution < 1.29 is 14.4 Å². The van der Waals surface area contributed by atoms with Gasteiger partial charge >= 0.3 is 4.87 Å². The van der Waals surface area contributed by atoms with Gasteiger partial charge < -0.3 is 5.32 Å². The number of thiophene rings is 1. The number of benzene rings is 2. The summed E-state index contributed by atoms with van der Waals surface area (Å²) in [6.45, 7) is -0.209. The van der Waals surface area contributed by atoms with E-state index in [4.69, 9.17) is 11.6 Å². The van der Waals surface area contributed by atoms with Crippen molar-refractivity contribution in [2.75, 3.05) is 10.2 Å². The Morgan fingerprint density at radius 3 is 2.41 bits per heavy atom. The van der Waals surface area contributed by atoms with Crippen molar-refractivity contribution in [1.82, 2.24) is 4.57 Å². The largest absolute Gasteiger partial charge is 0.325 e. The van der Waals surface area contributed by atoms with Crippen LogP contribution in [0.2, 0.25) is 5.02 Å². The number of halogens is 1. The lowest BCUT2D eigenvalue weighted by Gasteiger charge is -2.29. The van der Waals surface area contributed by atoms with E-state index in [1.54, 1.807) is 48.5 Å². The summed E-state index contributed by atoms with van der Waals surface area (Å²) in [7, 11) is 0. The fourth-order valence-electron chi connectivity index (χ4n) is 4.74. The predicted octanol–water partition coefficient (Wildman–Crippen LogP) is 5.06. The van der Waals surface area contributed by atoms with Crippen LogP contribution in [0.1, 0.15) is 15.7 Å². The monoisotopic (exact) mass is 567 g/mol. The standard InChI is InChI=1S/C26H18ClN3O4S3/c27-14-8-10-15(11-9-14)28-18(31)13-29-25-22(37-26(29)34)19(17-7-4-12-35-17)20-21(36-25)24(33)30(23(20)32)16-5-2-1-3-6-16/h1-12,19-21H,13H2,(H,28,31). The third-order valence-electron chi connectivity index (χ3n) is 6.34. The molecule has 0 bridgehead atoms. The molecule has 1 N–H and O–H groups in total. The summed E-state index contributed by atoms with van der Waals surface area (Å²) in [4.78, 5) is 55.9. The Labute approximate surface area is 228 Å². The number of nitrogens with zero attached hydrogens (tertiary/aromatic N) is 2. The molecule has 2 aliphatic heterocycles. The van der Waals surface area contributed by atoms with Gasteiger partial charge in [-0.05, 0) is 47.8 Å². The zero-order valence-corrected chi connectivity index (χ0v) is 22.2. The van der Waals surface area contributed by atoms with Gasteiger partial charge in [0.05, 0.1) is 16.6 Å². The number of carbonyl (C=O) groups is 3. The summed E-state index contributed by atoms with van der Waals surface area (Å²) in [5.74, 6) is -2.04. The minimum atomic E-state index is -0.702. The number of para-hydroxylation sites is 1. The molecule has 3 amide bonds. The van der Waals surface area contributed by atoms with E-state index in [0.29, 0.717) is 26.3 Å². The van der Waals surface area contributed by atoms with E-state index in [1.807, 2.05) is 23.6 Å². The Hall–Kier alpha value is -3.18. The number of nitrogens with one attached hydrogen (secondary N) is 1. The van der Waals surface area contributed by atoms with Gasteiger partial charge in [-0.25, -0.2) is 4.90 Å². The van der Waals surface area contributed by atoms with Crippen LogP contribution in [0.15, 0.2) is 81.9 Å². The average Bonchev–Trinajstić information content (AvgIpc) is 3.59. The molecule has 2 aromatic carbocycles. The van der Waals surface area contributed by atoms with Crippen LogP contribution in [0.5, 0.6) is 0 Å². The second-order valence-corrected chi connectivity index (χ2v) is 12.1. The van der Waals surface area contributed by atoms with Gasteiger partial charge in [0, 0.05) is 26.4 Å². The van der Waals surface area contributed by atoms with Gasteiger partial charge in [-0.1, -0.05) is 59.0 Å². The molecule has 0 radical (unpaired) electrons. The predicted molar refractivity (Wildman–Crippen MR) is 147 cm³/mol. The molecular formula is C26H18ClN3O4S3. The lowest BCUT2D eigenvalue weighted by molar-refractivity contribution is -0.122. The van der Waals surface area contributed by atoms with Crippen molar-refractivity contribution in [3.05, 3.63) is 96.6 Å². The minimum Gasteiger partial charge on any atom is -0.325 e. The molecule has 0 spiro atoms. The molecular weight excluding hydrogens is 550 g/mol. The van der Waals surface area contributed by atoms with Gasteiger partial charge in [-0.2, -0.15) is 0 Å². The first-order valence-corrected chi connectivity index (χ1v) is 14.3. The average molecular weight is 568 g/mol. The first kappa shape index (κ1) is 24.2. The van der Waals surface area contributed by atoms with Crippen molar-refractivity contribution >= 4 is 75.1 Å². The van der Waals surface area contributed by atoms with Crippen LogP contribution < -0.4 is 15.1 Å². The molecule has 37 heavy (non-hydrogen) atoms. The third-order valence-corrected chi connectivity index (χ3v) is 10.2. The molecule has 7 nitrogen and oxygen atoms in total. The smallest absolute Gasteiger partial charge is 0.308 e. The second-order valence-electron chi connectivity index (χ2n) is 8.58. The first-order valence-electron chi connectivity index (χ1n) is 11.3. The van der Waals surface area contributed by atoms with Crippen molar-refractivity contribution in [3.8, 4) is 0 Å². The number of hydrogen-bond donors (Lipinski definition) is 1. The first-order chi connectivity index (χ1) is 17.9. The van der Waals surface area contributed by atoms with Crippen LogP contribution in [0.25, 0.3) is 0 Å². The van der Waals surface area contributed by atoms with Crippen LogP contribution in [0.3, 0.4) is 0 Å². The number of imide groups is 1. The molecule has 11 heteroatoms. The van der Waals surface area contributed by atoms with E-state index in [1.165, 1.54) is 32.6 Å². The summed E-state index contributed by atoms with van der Waals surface area (Å²) in [5, 5.41) is 5.11. The van der Waals surface area contributed by atoms with Crippen molar-refractivity contribution in [1.29, 1.82) is 0 Å². The molecule has 2 aromatic heterocycles. The number of carbonyl (C=O) groups excluding carboxylic acids is 3. The van der Waals surface area contributed by atoms with E-state index in [9.17, 15) is 19.2 Å². The van der Waals surface area contributed by atoms with Crippen LogP contribution in [0, 0.1) is 5.92 Å². The van der Waals surface area contributed by atoms with Crippen LogP contribution >= 0.6 is 46.0 Å². The van der Waals surface area contributed by atoms with E-state index in [0.717, 1.165) is 16.2 Å². The summed E-state index contributed by atoms with van der Waals surface area (Å²) in [5.41, 5.74) is 1.09. The lowest BCUT2D eigenvalue weighted by Crippen LogP contribution is -2.32. The quantitative estimate of drug-likeness (QED) is 0.341. The summed E-state index contributed by atoms with van der Waals surface area (Å²) in [6, 6.07) is 19.4. The van der Waals surface area contributed by atoms with E-state index >= 15 is 0 Å². The van der Waals surface area contributed by atoms with E-state index < -0.39 is 17.1 Å². The normalized spacial score (nSPS) is 20.6. The summed E-state index contributed by atoms with van der Waals surface area (Å²) < 4.78 is 1.41. The van der Waals surface area contributed by atoms with Crippen molar-refractivity contribution in [2.45, 2.75) is 22.7 Å². The molecule has 1 saturated heterocycles. The molecule has 1 fully saturated rings. The Kier molecular flexibility index (Phi) is 6.28. The molecule has 0 aliphatic carbocycles. The van der Waals surface area contributed by atoms with Gasteiger partial charge in [-0.3, -0.25) is 23.7 Å². The highest BCUT2D eigenvalue weighted by Crippen LogP contribution is 2.54. The fraction of sp³-hybridized carbons (Fsp3) is 0.154. The molecule has 6 rings (SSSR count). The maximum Gasteiger partial charge on any atom is 0.308 e. The maximum absolute atomic E-state index is 13.7. The van der Waals surface area contributed by atoms with E-state index in [-0.39, 0.29) is 29.1 Å². The van der Waals surface area contributed by atoms with Gasteiger partial charge in [0.15, 0.2) is 0 Å². The van der Waals surface area contributed by atoms with Crippen LogP contribution in [-0.2, 0) is 20.9 Å². The van der Waals surface area contributed by atoms with Crippen LogP contribution in [0.4, 0.5) is 11.4 Å². The number of hydrogen-bond acceptors (Lipinski definition) is 7. The fourth-order valence-corrected chi connectivity index (χ4v) is 8.59. The maximum atomic E-state index is 13.7. The minimum absolute atomic E-state index is 0.209. The third kappa shape index (κ3) is 4.23. The summed E-state index contributed by atoms with van der Waals surface area (Å²) in [6.07, 6.45) is 0. The molecule has 3 atom stereocenters. The number of thioether (sulfide) groups is 1. The number of aromatic nitrogens is 1. The number of thiazole rings is 1. The van der Waals surface area contributed by atoms with Gasteiger partial charge in [0.25, 0.3) is 0 Å². The topological polar surface area (TPSA) is 88.5 Å². The highest BCUT2D eigenvalue weighted by atomic mass is 35.5. The number of rotatable bonds is 5. The van der Waals surface area contributed by atoms with Gasteiger partial charge in [0.1, 0.15) is 11.8 Å². The second kappa shape index (κ2) is 9.60. The number of anilines is 2. The number of fused-ring (bicyclic) bond motifs is 2. The zero-order valence-electron chi connectivity index (χ0n) is 19.0. The molecule has 2 aliphatic rings. The van der Waals surface area contributed by atoms with Crippen molar-refractivity contribution in [2.24, 2.45) is 5.92 Å². The molecule has 0 saturated carbocycles. The summed E-state index contributed by atoms with van der Waals surface area (Å²) >= 11 is 9.65. The van der Waals surface area contributed by atoms with Gasteiger partial charge in [-0.15, -0.1) is 11.3 Å². The Bertz CT molecular complexity index is 1560. The van der Waals surface area contributed by atoms with Gasteiger partial charge in [0.2, 0.25) is 17.7 Å². The SMILES string of the molecule is O=C(Cn1c2c(sc1=O)C(c1cccs1)C1C(=O)N(c3ccccc3)C(=O)C1S2)Nc1ccc(Cl)cc1. The Morgan fingerprint density at radius 1 is 0.946 bits per heavy atom. The molecule has 3 unspecified atom stereocenters. The molecule has 186 valence electrons. The van der Waals surface area contributed by atoms with E-state index in [2.05, 4.69) is 5.32 Å².